The maximum absolute atomic E-state index is 13.0. The molecular formula is C24H28FN3O2. The van der Waals surface area contributed by atoms with Crippen molar-refractivity contribution < 1.29 is 14.0 Å². The van der Waals surface area contributed by atoms with E-state index in [1.807, 2.05) is 30.0 Å². The Morgan fingerprint density at radius 1 is 1.00 bits per heavy atom. The second kappa shape index (κ2) is 10.6. The molecule has 0 spiro atoms. The Kier molecular flexibility index (Phi) is 7.60. The van der Waals surface area contributed by atoms with Crippen LogP contribution < -0.4 is 10.2 Å². The topological polar surface area (TPSA) is 52.7 Å². The highest BCUT2D eigenvalue weighted by Crippen LogP contribution is 2.16. The first-order chi connectivity index (χ1) is 14.5. The van der Waals surface area contributed by atoms with Gasteiger partial charge in [-0.1, -0.05) is 30.3 Å². The summed E-state index contributed by atoms with van der Waals surface area (Å²) >= 11 is 0. The number of amides is 2. The molecule has 1 fully saturated rings. The molecule has 0 atom stereocenters. The first-order valence-corrected chi connectivity index (χ1v) is 10.3. The molecule has 5 nitrogen and oxygen atoms in total. The third-order valence-corrected chi connectivity index (χ3v) is 5.27. The molecule has 3 rings (SSSR count). The minimum absolute atomic E-state index is 0.134. The largest absolute Gasteiger partial charge is 0.368 e. The number of anilines is 1. The molecule has 158 valence electrons. The van der Waals surface area contributed by atoms with Gasteiger partial charge in [-0.3, -0.25) is 9.59 Å². The smallest absolute Gasteiger partial charge is 0.244 e. The summed E-state index contributed by atoms with van der Waals surface area (Å²) in [4.78, 5) is 28.7. The summed E-state index contributed by atoms with van der Waals surface area (Å²) in [6.07, 6.45) is 2.52. The maximum atomic E-state index is 13.0. The van der Waals surface area contributed by atoms with Crippen molar-refractivity contribution in [3.05, 3.63) is 72.1 Å². The van der Waals surface area contributed by atoms with Crippen LogP contribution in [0.2, 0.25) is 0 Å². The molecule has 0 aromatic heterocycles. The average Bonchev–Trinajstić information content (AvgIpc) is 2.77. The molecule has 0 saturated carbocycles. The fourth-order valence-electron chi connectivity index (χ4n) is 3.51. The molecule has 2 aromatic rings. The van der Waals surface area contributed by atoms with Gasteiger partial charge in [-0.05, 0) is 48.7 Å². The monoisotopic (exact) mass is 409 g/mol. The number of halogens is 1. The first-order valence-electron chi connectivity index (χ1n) is 10.3. The van der Waals surface area contributed by atoms with Gasteiger partial charge in [0.15, 0.2) is 0 Å². The number of benzene rings is 2. The van der Waals surface area contributed by atoms with Gasteiger partial charge >= 0.3 is 0 Å². The van der Waals surface area contributed by atoms with E-state index in [2.05, 4.69) is 22.3 Å². The van der Waals surface area contributed by atoms with Crippen LogP contribution in [0.3, 0.4) is 0 Å². The number of allylic oxidation sites excluding steroid dienone is 1. The van der Waals surface area contributed by atoms with Crippen LogP contribution in [0.25, 0.3) is 5.57 Å². The molecule has 1 aliphatic heterocycles. The summed E-state index contributed by atoms with van der Waals surface area (Å²) in [6, 6.07) is 16.3. The van der Waals surface area contributed by atoms with Gasteiger partial charge in [0.05, 0.1) is 0 Å². The number of hydrogen-bond acceptors (Lipinski definition) is 3. The number of para-hydroxylation sites is 1. The number of hydrogen-bond donors (Lipinski definition) is 1. The van der Waals surface area contributed by atoms with Gasteiger partial charge in [-0.15, -0.1) is 0 Å². The number of carbonyl (C=O) groups is 2. The highest BCUT2D eigenvalue weighted by Gasteiger charge is 2.20. The minimum Gasteiger partial charge on any atom is -0.368 e. The second-order valence-electron chi connectivity index (χ2n) is 7.43. The SMILES string of the molecule is C/C(=C/C(=O)NCCCC(=O)N1CCN(c2ccccc2)CC1)c1ccc(F)cc1. The molecule has 1 heterocycles. The third-order valence-electron chi connectivity index (χ3n) is 5.27. The second-order valence-corrected chi connectivity index (χ2v) is 7.43. The van der Waals surface area contributed by atoms with Crippen LogP contribution in [0.5, 0.6) is 0 Å². The Morgan fingerprint density at radius 3 is 2.33 bits per heavy atom. The standard InChI is InChI=1S/C24H28FN3O2/c1-19(20-9-11-21(25)12-10-20)18-23(29)26-13-5-8-24(30)28-16-14-27(15-17-28)22-6-3-2-4-7-22/h2-4,6-7,9-12,18H,5,8,13-17H2,1H3,(H,26,29)/b19-18-. The van der Waals surface area contributed by atoms with Crippen molar-refractivity contribution in [3.8, 4) is 0 Å². The average molecular weight is 410 g/mol. The van der Waals surface area contributed by atoms with Crippen LogP contribution in [0.15, 0.2) is 60.7 Å². The Morgan fingerprint density at radius 2 is 1.67 bits per heavy atom. The molecule has 2 amide bonds. The van der Waals surface area contributed by atoms with Crippen molar-refractivity contribution in [1.82, 2.24) is 10.2 Å². The van der Waals surface area contributed by atoms with E-state index in [-0.39, 0.29) is 17.6 Å². The molecule has 0 radical (unpaired) electrons. The third kappa shape index (κ3) is 6.17. The lowest BCUT2D eigenvalue weighted by atomic mass is 10.1. The highest BCUT2D eigenvalue weighted by atomic mass is 19.1. The number of rotatable bonds is 7. The zero-order valence-corrected chi connectivity index (χ0v) is 17.3. The van der Waals surface area contributed by atoms with E-state index in [9.17, 15) is 14.0 Å². The molecule has 1 aliphatic rings. The normalized spacial score (nSPS) is 14.5. The number of nitrogens with one attached hydrogen (secondary N) is 1. The van der Waals surface area contributed by atoms with E-state index in [0.29, 0.717) is 19.4 Å². The van der Waals surface area contributed by atoms with E-state index < -0.39 is 0 Å². The summed E-state index contributed by atoms with van der Waals surface area (Å²) < 4.78 is 13.0. The van der Waals surface area contributed by atoms with Crippen LogP contribution in [-0.2, 0) is 9.59 Å². The minimum atomic E-state index is -0.304. The van der Waals surface area contributed by atoms with Crippen LogP contribution >= 0.6 is 0 Å². The van der Waals surface area contributed by atoms with Gasteiger partial charge in [0.25, 0.3) is 0 Å². The summed E-state index contributed by atoms with van der Waals surface area (Å²) in [7, 11) is 0. The van der Waals surface area contributed by atoms with Gasteiger partial charge < -0.3 is 15.1 Å². The number of carbonyl (C=O) groups excluding carboxylic acids is 2. The van der Waals surface area contributed by atoms with Gasteiger partial charge in [-0.2, -0.15) is 0 Å². The van der Waals surface area contributed by atoms with Gasteiger partial charge in [0.2, 0.25) is 11.8 Å². The first kappa shape index (κ1) is 21.6. The maximum Gasteiger partial charge on any atom is 0.244 e. The van der Waals surface area contributed by atoms with Crippen molar-refractivity contribution in [2.75, 3.05) is 37.6 Å². The van der Waals surface area contributed by atoms with E-state index in [4.69, 9.17) is 0 Å². The zero-order valence-electron chi connectivity index (χ0n) is 17.3. The van der Waals surface area contributed by atoms with Crippen molar-refractivity contribution in [2.24, 2.45) is 0 Å². The van der Waals surface area contributed by atoms with E-state index in [1.165, 1.54) is 23.9 Å². The molecule has 0 bridgehead atoms. The molecule has 2 aromatic carbocycles. The Hall–Kier alpha value is -3.15. The lowest BCUT2D eigenvalue weighted by Crippen LogP contribution is -2.48. The van der Waals surface area contributed by atoms with E-state index in [1.54, 1.807) is 12.1 Å². The fraction of sp³-hybridized carbons (Fsp3) is 0.333. The molecule has 0 aliphatic carbocycles. The molecular weight excluding hydrogens is 381 g/mol. The molecule has 1 saturated heterocycles. The Labute approximate surface area is 177 Å². The van der Waals surface area contributed by atoms with Gasteiger partial charge in [0, 0.05) is 50.9 Å². The van der Waals surface area contributed by atoms with Crippen LogP contribution in [0.4, 0.5) is 10.1 Å². The molecule has 1 N–H and O–H groups in total. The molecule has 30 heavy (non-hydrogen) atoms. The number of nitrogens with zero attached hydrogens (tertiary/aromatic N) is 2. The summed E-state index contributed by atoms with van der Waals surface area (Å²) in [5.74, 6) is -0.377. The lowest BCUT2D eigenvalue weighted by Gasteiger charge is -2.36. The zero-order chi connectivity index (χ0) is 21.3. The summed E-state index contributed by atoms with van der Waals surface area (Å²) in [5, 5.41) is 2.81. The quantitative estimate of drug-likeness (QED) is 0.563. The van der Waals surface area contributed by atoms with Gasteiger partial charge in [-0.25, -0.2) is 4.39 Å². The van der Waals surface area contributed by atoms with Gasteiger partial charge in [0.1, 0.15) is 5.82 Å². The van der Waals surface area contributed by atoms with Crippen molar-refractivity contribution >= 4 is 23.1 Å². The van der Waals surface area contributed by atoms with Crippen molar-refractivity contribution in [2.45, 2.75) is 19.8 Å². The Bertz CT molecular complexity index is 873. The summed E-state index contributed by atoms with van der Waals surface area (Å²) in [6.45, 7) is 5.37. The summed E-state index contributed by atoms with van der Waals surface area (Å²) in [5.41, 5.74) is 2.76. The van der Waals surface area contributed by atoms with Crippen molar-refractivity contribution in [3.63, 3.8) is 0 Å². The number of piperazine rings is 1. The fourth-order valence-corrected chi connectivity index (χ4v) is 3.51. The van der Waals surface area contributed by atoms with E-state index >= 15 is 0 Å². The Balaban J connectivity index is 1.35. The van der Waals surface area contributed by atoms with E-state index in [0.717, 1.165) is 37.3 Å². The highest BCUT2D eigenvalue weighted by molar-refractivity contribution is 5.94. The predicted molar refractivity (Wildman–Crippen MR) is 118 cm³/mol. The molecule has 0 unspecified atom stereocenters. The molecule has 6 heteroatoms. The van der Waals surface area contributed by atoms with Crippen LogP contribution in [-0.4, -0.2) is 49.4 Å². The lowest BCUT2D eigenvalue weighted by molar-refractivity contribution is -0.131. The van der Waals surface area contributed by atoms with Crippen molar-refractivity contribution in [1.29, 1.82) is 0 Å². The predicted octanol–water partition coefficient (Wildman–Crippen LogP) is 3.47. The van der Waals surface area contributed by atoms with Crippen LogP contribution in [0.1, 0.15) is 25.3 Å². The van der Waals surface area contributed by atoms with Crippen LogP contribution in [0, 0.1) is 5.82 Å².